The van der Waals surface area contributed by atoms with Crippen molar-refractivity contribution in [1.29, 1.82) is 0 Å². The molecule has 1 fully saturated rings. The van der Waals surface area contributed by atoms with Gasteiger partial charge in [-0.15, -0.1) is 0 Å². The lowest BCUT2D eigenvalue weighted by Crippen LogP contribution is -2.49. The van der Waals surface area contributed by atoms with Gasteiger partial charge in [-0.2, -0.15) is 0 Å². The molecule has 0 bridgehead atoms. The van der Waals surface area contributed by atoms with E-state index >= 15 is 0 Å². The number of cyclic esters (lactones) is 1. The molecule has 0 radical (unpaired) electrons. The van der Waals surface area contributed by atoms with E-state index in [2.05, 4.69) is 10.1 Å². The minimum absolute atomic E-state index is 0.233. The molecular weight excluding hydrogens is 232 g/mol. The zero-order valence-corrected chi connectivity index (χ0v) is 9.07. The van der Waals surface area contributed by atoms with Gasteiger partial charge < -0.3 is 14.8 Å². The monoisotopic (exact) mass is 243 g/mol. The molecular formula is C11H11F2NO3. The molecule has 2 rings (SSSR count). The molecule has 0 aliphatic carbocycles. The van der Waals surface area contributed by atoms with Crippen LogP contribution in [-0.2, 0) is 4.74 Å². The fourth-order valence-electron chi connectivity index (χ4n) is 1.72. The number of methoxy groups -OCH3 is 1. The number of nitrogens with one attached hydrogen (secondary N) is 1. The zero-order chi connectivity index (χ0) is 12.5. The second-order valence-electron chi connectivity index (χ2n) is 3.66. The fourth-order valence-corrected chi connectivity index (χ4v) is 1.72. The van der Waals surface area contributed by atoms with Crippen LogP contribution in [-0.4, -0.2) is 25.7 Å². The van der Waals surface area contributed by atoms with Crippen LogP contribution >= 0.6 is 0 Å². The van der Waals surface area contributed by atoms with E-state index < -0.39 is 24.7 Å². The van der Waals surface area contributed by atoms with Gasteiger partial charge in [-0.25, -0.2) is 13.6 Å². The average Bonchev–Trinajstić information content (AvgIpc) is 2.32. The van der Waals surface area contributed by atoms with Gasteiger partial charge in [0, 0.05) is 5.56 Å². The van der Waals surface area contributed by atoms with Crippen molar-refractivity contribution >= 4 is 6.09 Å². The Labute approximate surface area is 96.5 Å². The van der Waals surface area contributed by atoms with E-state index in [4.69, 9.17) is 4.74 Å². The fraction of sp³-hybridized carbons (Fsp3) is 0.364. The number of hydrogen-bond donors (Lipinski definition) is 1. The lowest BCUT2D eigenvalue weighted by atomic mass is 9.99. The summed E-state index contributed by atoms with van der Waals surface area (Å²) in [6, 6.07) is 4.90. The Morgan fingerprint density at radius 1 is 1.47 bits per heavy atom. The number of amides is 1. The van der Waals surface area contributed by atoms with Gasteiger partial charge >= 0.3 is 12.0 Å². The Morgan fingerprint density at radius 3 is 2.88 bits per heavy atom. The molecule has 1 N–H and O–H groups in total. The highest BCUT2D eigenvalue weighted by Gasteiger charge is 2.47. The summed E-state index contributed by atoms with van der Waals surface area (Å²) < 4.78 is 36.6. The molecule has 1 aliphatic rings. The quantitative estimate of drug-likeness (QED) is 0.865. The number of carbonyl (C=O) groups is 1. The van der Waals surface area contributed by atoms with Crippen LogP contribution in [0, 0.1) is 0 Å². The van der Waals surface area contributed by atoms with Crippen LogP contribution < -0.4 is 10.1 Å². The number of hydrogen-bond acceptors (Lipinski definition) is 3. The Kier molecular flexibility index (Phi) is 2.87. The van der Waals surface area contributed by atoms with Crippen molar-refractivity contribution in [2.45, 2.75) is 12.0 Å². The van der Waals surface area contributed by atoms with Gasteiger partial charge in [-0.3, -0.25) is 0 Å². The minimum atomic E-state index is -3.16. The smallest absolute Gasteiger partial charge is 0.408 e. The summed E-state index contributed by atoms with van der Waals surface area (Å²) >= 11 is 0. The highest BCUT2D eigenvalue weighted by atomic mass is 19.3. The molecule has 1 aromatic rings. The topological polar surface area (TPSA) is 47.6 Å². The Hall–Kier alpha value is -1.85. The maximum absolute atomic E-state index is 13.6. The van der Waals surface area contributed by atoms with Gasteiger partial charge in [0.15, 0.2) is 6.61 Å². The largest absolute Gasteiger partial charge is 0.496 e. The summed E-state index contributed by atoms with van der Waals surface area (Å²) in [6.07, 6.45) is -0.855. The third-order valence-electron chi connectivity index (χ3n) is 2.53. The molecule has 17 heavy (non-hydrogen) atoms. The first-order valence-electron chi connectivity index (χ1n) is 4.98. The molecule has 0 unspecified atom stereocenters. The number of alkyl halides is 2. The van der Waals surface area contributed by atoms with E-state index in [0.29, 0.717) is 5.75 Å². The maximum atomic E-state index is 13.6. The van der Waals surface area contributed by atoms with Crippen LogP contribution in [0.25, 0.3) is 0 Å². The number of ether oxygens (including phenoxy) is 2. The molecule has 1 amide bonds. The Morgan fingerprint density at radius 2 is 2.18 bits per heavy atom. The van der Waals surface area contributed by atoms with Gasteiger partial charge in [-0.1, -0.05) is 18.2 Å². The van der Waals surface area contributed by atoms with Crippen LogP contribution in [0.5, 0.6) is 5.75 Å². The lowest BCUT2D eigenvalue weighted by molar-refractivity contribution is -0.104. The van der Waals surface area contributed by atoms with Crippen molar-refractivity contribution in [3.63, 3.8) is 0 Å². The van der Waals surface area contributed by atoms with E-state index in [1.54, 1.807) is 18.2 Å². The first-order valence-corrected chi connectivity index (χ1v) is 4.98. The number of halogens is 2. The molecule has 1 aliphatic heterocycles. The van der Waals surface area contributed by atoms with Crippen LogP contribution in [0.15, 0.2) is 24.3 Å². The summed E-state index contributed by atoms with van der Waals surface area (Å²) in [5.74, 6) is -2.86. The number of benzene rings is 1. The van der Waals surface area contributed by atoms with Crippen molar-refractivity contribution in [2.75, 3.05) is 13.7 Å². The van der Waals surface area contributed by atoms with Gasteiger partial charge in [0.1, 0.15) is 11.8 Å². The Balaban J connectivity index is 2.39. The molecule has 1 saturated heterocycles. The third kappa shape index (κ3) is 2.15. The predicted octanol–water partition coefficient (Wildman–Crippen LogP) is 2.11. The number of alkyl carbamates (subject to hydrolysis) is 1. The third-order valence-corrected chi connectivity index (χ3v) is 2.53. The van der Waals surface area contributed by atoms with E-state index in [9.17, 15) is 13.6 Å². The lowest BCUT2D eigenvalue weighted by Gasteiger charge is -2.32. The van der Waals surface area contributed by atoms with Gasteiger partial charge in [-0.05, 0) is 6.07 Å². The normalized spacial score (nSPS) is 22.5. The van der Waals surface area contributed by atoms with Gasteiger partial charge in [0.2, 0.25) is 0 Å². The van der Waals surface area contributed by atoms with E-state index in [0.717, 1.165) is 0 Å². The summed E-state index contributed by atoms with van der Waals surface area (Å²) in [7, 11) is 1.39. The summed E-state index contributed by atoms with van der Waals surface area (Å²) in [5.41, 5.74) is 0.233. The summed E-state index contributed by atoms with van der Waals surface area (Å²) in [5, 5.41) is 2.11. The molecule has 1 aromatic carbocycles. The van der Waals surface area contributed by atoms with Crippen LogP contribution in [0.3, 0.4) is 0 Å². The van der Waals surface area contributed by atoms with Gasteiger partial charge in [0.25, 0.3) is 0 Å². The van der Waals surface area contributed by atoms with E-state index in [-0.39, 0.29) is 5.56 Å². The minimum Gasteiger partial charge on any atom is -0.496 e. The molecule has 6 heteroatoms. The number of rotatable bonds is 2. The molecule has 0 aromatic heterocycles. The first kappa shape index (κ1) is 11.6. The van der Waals surface area contributed by atoms with Crippen LogP contribution in [0.2, 0.25) is 0 Å². The van der Waals surface area contributed by atoms with E-state index in [1.807, 2.05) is 0 Å². The molecule has 0 saturated carbocycles. The molecule has 4 nitrogen and oxygen atoms in total. The second-order valence-corrected chi connectivity index (χ2v) is 3.66. The van der Waals surface area contributed by atoms with Crippen molar-refractivity contribution < 1.29 is 23.0 Å². The predicted molar refractivity (Wildman–Crippen MR) is 55.2 cm³/mol. The van der Waals surface area contributed by atoms with Crippen molar-refractivity contribution in [2.24, 2.45) is 0 Å². The number of carbonyl (C=O) groups excluding carboxylic acids is 1. The van der Waals surface area contributed by atoms with Crippen molar-refractivity contribution in [3.05, 3.63) is 29.8 Å². The van der Waals surface area contributed by atoms with Gasteiger partial charge in [0.05, 0.1) is 7.11 Å². The van der Waals surface area contributed by atoms with Crippen LogP contribution in [0.1, 0.15) is 11.6 Å². The maximum Gasteiger partial charge on any atom is 0.408 e. The van der Waals surface area contributed by atoms with Crippen molar-refractivity contribution in [1.82, 2.24) is 5.32 Å². The zero-order valence-electron chi connectivity index (χ0n) is 9.07. The highest BCUT2D eigenvalue weighted by molar-refractivity contribution is 5.69. The second kappa shape index (κ2) is 4.20. The molecule has 0 spiro atoms. The van der Waals surface area contributed by atoms with Crippen molar-refractivity contribution in [3.8, 4) is 5.75 Å². The number of para-hydroxylation sites is 1. The summed E-state index contributed by atoms with van der Waals surface area (Å²) in [4.78, 5) is 11.0. The highest BCUT2D eigenvalue weighted by Crippen LogP contribution is 2.38. The first-order chi connectivity index (χ1) is 8.04. The molecule has 92 valence electrons. The summed E-state index contributed by atoms with van der Waals surface area (Å²) in [6.45, 7) is -0.929. The Bertz CT molecular complexity index is 436. The molecule has 1 atom stereocenters. The SMILES string of the molecule is COc1ccccc1[C@H]1NC(=O)OCC1(F)F. The van der Waals surface area contributed by atoms with Crippen LogP contribution in [0.4, 0.5) is 13.6 Å². The standard InChI is InChI=1S/C11H11F2NO3/c1-16-8-5-3-2-4-7(8)9-11(12,13)6-17-10(15)14-9/h2-5,9H,6H2,1H3,(H,14,15)/t9-/m1/s1. The molecule has 1 heterocycles. The average molecular weight is 243 g/mol. The van der Waals surface area contributed by atoms with E-state index in [1.165, 1.54) is 13.2 Å².